The quantitative estimate of drug-likeness (QED) is 0.803. The lowest BCUT2D eigenvalue weighted by Gasteiger charge is -2.48. The van der Waals surface area contributed by atoms with Gasteiger partial charge in [-0.05, 0) is 61.1 Å². The van der Waals surface area contributed by atoms with Crippen molar-refractivity contribution >= 4 is 11.9 Å². The van der Waals surface area contributed by atoms with Crippen LogP contribution in [-0.4, -0.2) is 30.3 Å². The monoisotopic (exact) mass is 360 g/mol. The molecule has 0 saturated heterocycles. The molecule has 1 N–H and O–H groups in total. The number of methoxy groups -OCH3 is 1. The van der Waals surface area contributed by atoms with Crippen LogP contribution < -0.4 is 4.74 Å². The van der Waals surface area contributed by atoms with E-state index in [4.69, 9.17) is 9.47 Å². The molecule has 0 bridgehead atoms. The van der Waals surface area contributed by atoms with Crippen LogP contribution in [-0.2, 0) is 14.3 Å². The molecule has 0 aliphatic heterocycles. The maximum atomic E-state index is 11.6. The molecule has 5 heteroatoms. The van der Waals surface area contributed by atoms with Crippen molar-refractivity contribution in [3.63, 3.8) is 0 Å². The van der Waals surface area contributed by atoms with Crippen molar-refractivity contribution in [3.8, 4) is 5.75 Å². The summed E-state index contributed by atoms with van der Waals surface area (Å²) >= 11 is 0. The SMILES string of the molecule is COc1ccc([C@H]2CC[C@]3(C)[C@@H](OC(C)=O)CC[C@H]3[C@H]2CC(=O)O)cc1. The number of fused-ring (bicyclic) bond motifs is 1. The van der Waals surface area contributed by atoms with E-state index in [1.54, 1.807) is 7.11 Å². The molecular formula is C21H28O5. The van der Waals surface area contributed by atoms with Gasteiger partial charge in [-0.25, -0.2) is 0 Å². The number of hydrogen-bond donors (Lipinski definition) is 1. The number of esters is 1. The molecule has 0 heterocycles. The van der Waals surface area contributed by atoms with Crippen molar-refractivity contribution in [2.24, 2.45) is 17.3 Å². The molecule has 1 aromatic rings. The topological polar surface area (TPSA) is 72.8 Å². The van der Waals surface area contributed by atoms with Gasteiger partial charge in [-0.3, -0.25) is 9.59 Å². The van der Waals surface area contributed by atoms with E-state index in [1.807, 2.05) is 12.1 Å². The molecule has 5 nitrogen and oxygen atoms in total. The average molecular weight is 360 g/mol. The molecule has 142 valence electrons. The molecule has 2 fully saturated rings. The minimum Gasteiger partial charge on any atom is -0.497 e. The summed E-state index contributed by atoms with van der Waals surface area (Å²) in [6.45, 7) is 3.63. The first-order valence-electron chi connectivity index (χ1n) is 9.38. The van der Waals surface area contributed by atoms with Crippen molar-refractivity contribution in [2.75, 3.05) is 7.11 Å². The zero-order valence-electron chi connectivity index (χ0n) is 15.7. The number of carboxylic acid groups (broad SMARTS) is 1. The Hall–Kier alpha value is -2.04. The molecule has 3 rings (SSSR count). The van der Waals surface area contributed by atoms with Crippen LogP contribution in [0, 0.1) is 17.3 Å². The van der Waals surface area contributed by atoms with Crippen LogP contribution >= 0.6 is 0 Å². The van der Waals surface area contributed by atoms with Gasteiger partial charge in [0.25, 0.3) is 0 Å². The maximum absolute atomic E-state index is 11.6. The zero-order valence-corrected chi connectivity index (χ0v) is 15.7. The van der Waals surface area contributed by atoms with E-state index >= 15 is 0 Å². The van der Waals surface area contributed by atoms with Gasteiger partial charge >= 0.3 is 11.9 Å². The molecular weight excluding hydrogens is 332 g/mol. The molecule has 5 atom stereocenters. The second-order valence-electron chi connectivity index (χ2n) is 7.97. The number of hydrogen-bond acceptors (Lipinski definition) is 4. The molecule has 2 aliphatic carbocycles. The molecule has 1 aromatic carbocycles. The number of carbonyl (C=O) groups excluding carboxylic acids is 1. The van der Waals surface area contributed by atoms with Gasteiger partial charge in [-0.1, -0.05) is 19.1 Å². The summed E-state index contributed by atoms with van der Waals surface area (Å²) in [5.74, 6) is 0.327. The summed E-state index contributed by atoms with van der Waals surface area (Å²) in [5.41, 5.74) is 1.05. The van der Waals surface area contributed by atoms with Crippen LogP contribution in [0.2, 0.25) is 0 Å². The third-order valence-electron chi connectivity index (χ3n) is 6.61. The highest BCUT2D eigenvalue weighted by molar-refractivity contribution is 5.67. The van der Waals surface area contributed by atoms with Crippen LogP contribution in [0.25, 0.3) is 0 Å². The number of rotatable bonds is 5. The first-order chi connectivity index (χ1) is 12.3. The third kappa shape index (κ3) is 3.44. The van der Waals surface area contributed by atoms with Crippen molar-refractivity contribution in [1.29, 1.82) is 0 Å². The van der Waals surface area contributed by atoms with Crippen LogP contribution in [0.3, 0.4) is 0 Å². The van der Waals surface area contributed by atoms with Gasteiger partial charge in [-0.15, -0.1) is 0 Å². The predicted molar refractivity (Wildman–Crippen MR) is 97.1 cm³/mol. The molecule has 2 aliphatic rings. The molecule has 0 unspecified atom stereocenters. The highest BCUT2D eigenvalue weighted by atomic mass is 16.5. The van der Waals surface area contributed by atoms with E-state index < -0.39 is 5.97 Å². The van der Waals surface area contributed by atoms with Crippen LogP contribution in [0.4, 0.5) is 0 Å². The predicted octanol–water partition coefficient (Wildman–Crippen LogP) is 4.01. The Bertz CT molecular complexity index is 667. The lowest BCUT2D eigenvalue weighted by atomic mass is 9.57. The second-order valence-corrected chi connectivity index (χ2v) is 7.97. The standard InChI is InChI=1S/C21H28O5/c1-13(22)26-19-9-8-18-17(12-20(23)24)16(10-11-21(18,19)2)14-4-6-15(25-3)7-5-14/h4-7,16-19H,8-12H2,1-3H3,(H,23,24)/t16-,17+,18+,19+,21+/m1/s1. The fraction of sp³-hybridized carbons (Fsp3) is 0.619. The zero-order chi connectivity index (χ0) is 18.9. The van der Waals surface area contributed by atoms with E-state index in [-0.39, 0.29) is 41.7 Å². The van der Waals surface area contributed by atoms with E-state index in [2.05, 4.69) is 19.1 Å². The maximum Gasteiger partial charge on any atom is 0.303 e. The Morgan fingerprint density at radius 1 is 1.19 bits per heavy atom. The smallest absolute Gasteiger partial charge is 0.303 e. The normalized spacial score (nSPS) is 33.3. The lowest BCUT2D eigenvalue weighted by Crippen LogP contribution is -2.44. The fourth-order valence-corrected chi connectivity index (χ4v) is 5.38. The van der Waals surface area contributed by atoms with E-state index in [0.717, 1.165) is 31.4 Å². The average Bonchev–Trinajstić information content (AvgIpc) is 2.91. The summed E-state index contributed by atoms with van der Waals surface area (Å²) in [6, 6.07) is 7.99. The number of carboxylic acids is 1. The van der Waals surface area contributed by atoms with Gasteiger partial charge in [0.15, 0.2) is 0 Å². The van der Waals surface area contributed by atoms with Crippen LogP contribution in [0.15, 0.2) is 24.3 Å². The van der Waals surface area contributed by atoms with Crippen molar-refractivity contribution in [1.82, 2.24) is 0 Å². The number of aliphatic carboxylic acids is 1. The van der Waals surface area contributed by atoms with Crippen molar-refractivity contribution in [3.05, 3.63) is 29.8 Å². The summed E-state index contributed by atoms with van der Waals surface area (Å²) in [7, 11) is 1.64. The van der Waals surface area contributed by atoms with Gasteiger partial charge in [0.2, 0.25) is 0 Å². The summed E-state index contributed by atoms with van der Waals surface area (Å²) in [4.78, 5) is 23.1. The highest BCUT2D eigenvalue weighted by Gasteiger charge is 2.55. The number of carbonyl (C=O) groups is 2. The minimum absolute atomic E-state index is 0.0557. The van der Waals surface area contributed by atoms with E-state index in [9.17, 15) is 14.7 Å². The Balaban J connectivity index is 1.89. The Morgan fingerprint density at radius 3 is 2.46 bits per heavy atom. The Morgan fingerprint density at radius 2 is 1.88 bits per heavy atom. The molecule has 0 spiro atoms. The van der Waals surface area contributed by atoms with Crippen molar-refractivity contribution in [2.45, 2.75) is 58.0 Å². The van der Waals surface area contributed by atoms with E-state index in [0.29, 0.717) is 0 Å². The molecule has 0 aromatic heterocycles. The van der Waals surface area contributed by atoms with Gasteiger partial charge in [0.1, 0.15) is 11.9 Å². The number of ether oxygens (including phenoxy) is 2. The molecule has 26 heavy (non-hydrogen) atoms. The second kappa shape index (κ2) is 7.29. The highest BCUT2D eigenvalue weighted by Crippen LogP contribution is 2.60. The van der Waals surface area contributed by atoms with Gasteiger partial charge < -0.3 is 14.6 Å². The Labute approximate surface area is 154 Å². The first kappa shape index (κ1) is 18.7. The largest absolute Gasteiger partial charge is 0.497 e. The third-order valence-corrected chi connectivity index (χ3v) is 6.61. The van der Waals surface area contributed by atoms with Crippen LogP contribution in [0.1, 0.15) is 57.4 Å². The summed E-state index contributed by atoms with van der Waals surface area (Å²) in [5, 5.41) is 9.52. The number of benzene rings is 1. The molecule has 0 amide bonds. The first-order valence-corrected chi connectivity index (χ1v) is 9.38. The summed E-state index contributed by atoms with van der Waals surface area (Å²) in [6.07, 6.45) is 3.66. The van der Waals surface area contributed by atoms with Crippen molar-refractivity contribution < 1.29 is 24.2 Å². The van der Waals surface area contributed by atoms with Gasteiger partial charge in [-0.2, -0.15) is 0 Å². The minimum atomic E-state index is -0.756. The Kier molecular flexibility index (Phi) is 5.26. The van der Waals surface area contributed by atoms with Gasteiger partial charge in [0.05, 0.1) is 7.11 Å². The molecule has 0 radical (unpaired) electrons. The van der Waals surface area contributed by atoms with Gasteiger partial charge in [0, 0.05) is 18.8 Å². The summed E-state index contributed by atoms with van der Waals surface area (Å²) < 4.78 is 10.8. The van der Waals surface area contributed by atoms with E-state index in [1.165, 1.54) is 12.5 Å². The van der Waals surface area contributed by atoms with Crippen LogP contribution in [0.5, 0.6) is 5.75 Å². The fourth-order valence-electron chi connectivity index (χ4n) is 5.38. The lowest BCUT2D eigenvalue weighted by molar-refractivity contribution is -0.156. The molecule has 2 saturated carbocycles.